The highest BCUT2D eigenvalue weighted by molar-refractivity contribution is 5.92. The average Bonchev–Trinajstić information content (AvgIpc) is 2.78. The summed E-state index contributed by atoms with van der Waals surface area (Å²) in [6, 6.07) is 18.7. The van der Waals surface area contributed by atoms with Crippen molar-refractivity contribution in [3.05, 3.63) is 83.4 Å². The van der Waals surface area contributed by atoms with Gasteiger partial charge in [-0.1, -0.05) is 48.0 Å². The number of aryl methyl sites for hydroxylation is 1. The van der Waals surface area contributed by atoms with Gasteiger partial charge in [-0.2, -0.15) is 0 Å². The maximum absolute atomic E-state index is 11.8. The van der Waals surface area contributed by atoms with E-state index >= 15 is 0 Å². The lowest BCUT2D eigenvalue weighted by Crippen LogP contribution is -1.99. The first kappa shape index (κ1) is 21.5. The first-order valence-corrected chi connectivity index (χ1v) is 9.77. The number of hydrogen-bond acceptors (Lipinski definition) is 5. The number of benzene rings is 3. The number of ether oxygens (including phenoxy) is 2. The molecular formula is C26H21NO4. The molecule has 0 unspecified atom stereocenters. The van der Waals surface area contributed by atoms with Gasteiger partial charge in [0.25, 0.3) is 6.26 Å². The normalized spacial score (nSPS) is 10.5. The van der Waals surface area contributed by atoms with Crippen LogP contribution < -0.4 is 4.74 Å². The van der Waals surface area contributed by atoms with E-state index in [0.29, 0.717) is 16.9 Å². The Kier molecular flexibility index (Phi) is 6.97. The molecule has 0 amide bonds. The molecule has 0 atom stereocenters. The largest absolute Gasteiger partial charge is 0.463 e. The summed E-state index contributed by atoms with van der Waals surface area (Å²) < 4.78 is 9.87. The van der Waals surface area contributed by atoms with Gasteiger partial charge in [0.05, 0.1) is 6.61 Å². The van der Waals surface area contributed by atoms with Gasteiger partial charge in [0.2, 0.25) is 0 Å². The summed E-state index contributed by atoms with van der Waals surface area (Å²) in [7, 11) is 0. The minimum atomic E-state index is -0.469. The van der Waals surface area contributed by atoms with Crippen molar-refractivity contribution in [1.29, 1.82) is 5.26 Å². The fourth-order valence-corrected chi connectivity index (χ4v) is 3.31. The first-order chi connectivity index (χ1) is 15.0. The average molecular weight is 411 g/mol. The van der Waals surface area contributed by atoms with Crippen molar-refractivity contribution in [3.63, 3.8) is 0 Å². The molecule has 0 saturated heterocycles. The summed E-state index contributed by atoms with van der Waals surface area (Å²) in [5.41, 5.74) is 5.71. The van der Waals surface area contributed by atoms with Gasteiger partial charge < -0.3 is 9.47 Å². The van der Waals surface area contributed by atoms with Crippen molar-refractivity contribution in [2.24, 2.45) is 0 Å². The standard InChI is InChI=1S/C26H21NO4/c1-3-30-26(29)12-8-21-15-23(31-17-27)9-11-24(21)20-7-10-25(22(14-20)16-28)19-6-4-5-18(2)13-19/h4-16H,3H2,1-2H3/b12-8+. The van der Waals surface area contributed by atoms with Crippen molar-refractivity contribution in [1.82, 2.24) is 0 Å². The number of nitriles is 1. The summed E-state index contributed by atoms with van der Waals surface area (Å²) >= 11 is 0. The van der Waals surface area contributed by atoms with Gasteiger partial charge in [-0.3, -0.25) is 4.79 Å². The molecular weight excluding hydrogens is 390 g/mol. The summed E-state index contributed by atoms with van der Waals surface area (Å²) in [6.07, 6.45) is 5.40. The molecule has 5 nitrogen and oxygen atoms in total. The van der Waals surface area contributed by atoms with Gasteiger partial charge in [0.1, 0.15) is 5.75 Å². The van der Waals surface area contributed by atoms with Crippen molar-refractivity contribution in [2.45, 2.75) is 13.8 Å². The predicted octanol–water partition coefficient (Wildman–Crippen LogP) is 5.58. The molecule has 5 heteroatoms. The van der Waals surface area contributed by atoms with Crippen LogP contribution in [-0.4, -0.2) is 18.9 Å². The molecule has 0 heterocycles. The second-order valence-corrected chi connectivity index (χ2v) is 6.82. The van der Waals surface area contributed by atoms with Crippen LogP contribution in [0, 0.1) is 18.4 Å². The second-order valence-electron chi connectivity index (χ2n) is 6.82. The Hall–Kier alpha value is -4.17. The van der Waals surface area contributed by atoms with E-state index in [1.165, 1.54) is 6.08 Å². The number of carbonyl (C=O) groups excluding carboxylic acids is 2. The molecule has 3 aromatic carbocycles. The van der Waals surface area contributed by atoms with Gasteiger partial charge in [-0.15, -0.1) is 5.26 Å². The lowest BCUT2D eigenvalue weighted by Gasteiger charge is -2.12. The quantitative estimate of drug-likeness (QED) is 0.220. The van der Waals surface area contributed by atoms with E-state index in [1.807, 2.05) is 49.4 Å². The molecule has 0 aliphatic heterocycles. The Morgan fingerprint density at radius 1 is 1.00 bits per heavy atom. The van der Waals surface area contributed by atoms with Crippen molar-refractivity contribution >= 4 is 18.3 Å². The van der Waals surface area contributed by atoms with Gasteiger partial charge >= 0.3 is 5.97 Å². The Morgan fingerprint density at radius 2 is 1.74 bits per heavy atom. The number of carbonyl (C=O) groups is 2. The fraction of sp³-hybridized carbons (Fsp3) is 0.115. The molecule has 154 valence electrons. The topological polar surface area (TPSA) is 76.4 Å². The van der Waals surface area contributed by atoms with Crippen molar-refractivity contribution < 1.29 is 19.1 Å². The maximum atomic E-state index is 11.8. The molecule has 0 radical (unpaired) electrons. The summed E-state index contributed by atoms with van der Waals surface area (Å²) in [5.74, 6) is -0.120. The molecule has 0 spiro atoms. The number of esters is 1. The lowest BCUT2D eigenvalue weighted by molar-refractivity contribution is -0.137. The molecule has 31 heavy (non-hydrogen) atoms. The zero-order valence-electron chi connectivity index (χ0n) is 17.3. The van der Waals surface area contributed by atoms with E-state index in [2.05, 4.69) is 0 Å². The van der Waals surface area contributed by atoms with Crippen LogP contribution in [0.1, 0.15) is 28.4 Å². The van der Waals surface area contributed by atoms with Gasteiger partial charge in [0, 0.05) is 11.6 Å². The first-order valence-electron chi connectivity index (χ1n) is 9.77. The van der Waals surface area contributed by atoms with Crippen LogP contribution in [-0.2, 0) is 9.53 Å². The molecule has 0 bridgehead atoms. The second kappa shape index (κ2) is 10.0. The molecule has 3 rings (SSSR count). The molecule has 3 aromatic rings. The van der Waals surface area contributed by atoms with Gasteiger partial charge in [0.15, 0.2) is 6.29 Å². The Labute approximate surface area is 181 Å². The van der Waals surface area contributed by atoms with Crippen LogP contribution in [0.25, 0.3) is 28.3 Å². The molecule has 0 aliphatic carbocycles. The van der Waals surface area contributed by atoms with E-state index in [9.17, 15) is 9.59 Å². The summed E-state index contributed by atoms with van der Waals surface area (Å²) in [5, 5.41) is 8.81. The van der Waals surface area contributed by atoms with Crippen LogP contribution in [0.5, 0.6) is 5.75 Å². The predicted molar refractivity (Wildman–Crippen MR) is 119 cm³/mol. The van der Waals surface area contributed by atoms with Crippen LogP contribution >= 0.6 is 0 Å². The third kappa shape index (κ3) is 5.26. The fourth-order valence-electron chi connectivity index (χ4n) is 3.31. The Morgan fingerprint density at radius 3 is 2.45 bits per heavy atom. The highest BCUT2D eigenvalue weighted by Crippen LogP contribution is 2.32. The smallest absolute Gasteiger partial charge is 0.330 e. The molecule has 0 N–H and O–H groups in total. The third-order valence-corrected chi connectivity index (χ3v) is 4.69. The monoisotopic (exact) mass is 411 g/mol. The molecule has 0 fully saturated rings. The highest BCUT2D eigenvalue weighted by Gasteiger charge is 2.11. The molecule has 0 saturated carbocycles. The SMILES string of the molecule is CCOC(=O)/C=C/c1cc(OC#N)ccc1-c1ccc(-c2cccc(C)c2)c(C=O)c1. The van der Waals surface area contributed by atoms with Crippen molar-refractivity contribution in [2.75, 3.05) is 6.61 Å². The van der Waals surface area contributed by atoms with Crippen LogP contribution in [0.4, 0.5) is 0 Å². The van der Waals surface area contributed by atoms with Gasteiger partial charge in [-0.25, -0.2) is 4.79 Å². The van der Waals surface area contributed by atoms with E-state index in [0.717, 1.165) is 34.1 Å². The number of rotatable bonds is 7. The zero-order chi connectivity index (χ0) is 22.2. The van der Waals surface area contributed by atoms with Crippen LogP contribution in [0.15, 0.2) is 66.7 Å². The number of aldehydes is 1. The number of nitrogens with zero attached hydrogens (tertiary/aromatic N) is 1. The summed E-state index contributed by atoms with van der Waals surface area (Å²) in [6.45, 7) is 4.01. The summed E-state index contributed by atoms with van der Waals surface area (Å²) in [4.78, 5) is 23.6. The van der Waals surface area contributed by atoms with E-state index < -0.39 is 5.97 Å². The minimum absolute atomic E-state index is 0.275. The Bertz CT molecular complexity index is 1190. The maximum Gasteiger partial charge on any atom is 0.330 e. The van der Waals surface area contributed by atoms with Crippen LogP contribution in [0.2, 0.25) is 0 Å². The van der Waals surface area contributed by atoms with Gasteiger partial charge in [-0.05, 0) is 65.9 Å². The molecule has 0 aromatic heterocycles. The minimum Gasteiger partial charge on any atom is -0.463 e. The van der Waals surface area contributed by atoms with E-state index in [-0.39, 0.29) is 6.61 Å². The lowest BCUT2D eigenvalue weighted by atomic mass is 9.92. The highest BCUT2D eigenvalue weighted by atomic mass is 16.5. The van der Waals surface area contributed by atoms with Crippen molar-refractivity contribution in [3.8, 4) is 34.3 Å². The Balaban J connectivity index is 2.08. The zero-order valence-corrected chi connectivity index (χ0v) is 17.3. The van der Waals surface area contributed by atoms with Crippen LogP contribution in [0.3, 0.4) is 0 Å². The molecule has 0 aliphatic rings. The van der Waals surface area contributed by atoms with E-state index in [1.54, 1.807) is 37.5 Å². The third-order valence-electron chi connectivity index (χ3n) is 4.69. The van der Waals surface area contributed by atoms with E-state index in [4.69, 9.17) is 14.7 Å². The number of hydrogen-bond donors (Lipinski definition) is 0.